The summed E-state index contributed by atoms with van der Waals surface area (Å²) in [5, 5.41) is 4.57. The van der Waals surface area contributed by atoms with Crippen LogP contribution in [0.5, 0.6) is 5.75 Å². The van der Waals surface area contributed by atoms with Gasteiger partial charge in [-0.25, -0.2) is 9.97 Å². The van der Waals surface area contributed by atoms with Crippen molar-refractivity contribution in [2.24, 2.45) is 0 Å². The molecule has 1 heterocycles. The molecule has 3 aromatic rings. The van der Waals surface area contributed by atoms with Crippen LogP contribution in [0.1, 0.15) is 0 Å². The van der Waals surface area contributed by atoms with Crippen LogP contribution < -0.4 is 10.1 Å². The predicted molar refractivity (Wildman–Crippen MR) is 93.8 cm³/mol. The number of nitrogens with one attached hydrogen (secondary N) is 1. The Morgan fingerprint density at radius 1 is 1.23 bits per heavy atom. The molecule has 0 aliphatic heterocycles. The van der Waals surface area contributed by atoms with Crippen molar-refractivity contribution in [1.29, 1.82) is 0 Å². The van der Waals surface area contributed by atoms with E-state index in [4.69, 9.17) is 16.3 Å². The van der Waals surface area contributed by atoms with Crippen molar-refractivity contribution >= 4 is 44.4 Å². The van der Waals surface area contributed by atoms with E-state index < -0.39 is 0 Å². The van der Waals surface area contributed by atoms with Crippen LogP contribution in [0.3, 0.4) is 0 Å². The molecule has 1 aromatic heterocycles. The van der Waals surface area contributed by atoms with E-state index in [0.29, 0.717) is 16.7 Å². The van der Waals surface area contributed by atoms with Crippen molar-refractivity contribution in [3.63, 3.8) is 0 Å². The van der Waals surface area contributed by atoms with E-state index in [2.05, 4.69) is 31.2 Å². The first-order valence-corrected chi connectivity index (χ1v) is 7.78. The molecule has 3 rings (SSSR count). The van der Waals surface area contributed by atoms with Gasteiger partial charge in [0.2, 0.25) is 5.95 Å². The highest BCUT2D eigenvalue weighted by molar-refractivity contribution is 9.10. The van der Waals surface area contributed by atoms with E-state index >= 15 is 0 Å². The number of fused-ring (bicyclic) bond motifs is 1. The molecule has 4 nitrogen and oxygen atoms in total. The van der Waals surface area contributed by atoms with Gasteiger partial charge in [-0.2, -0.15) is 0 Å². The minimum Gasteiger partial charge on any atom is -0.493 e. The molecule has 6 heteroatoms. The maximum atomic E-state index is 5.97. The molecule has 2 aromatic carbocycles. The highest BCUT2D eigenvalue weighted by Crippen LogP contribution is 2.39. The first-order chi connectivity index (χ1) is 10.6. The van der Waals surface area contributed by atoms with E-state index in [0.717, 1.165) is 26.5 Å². The smallest absolute Gasteiger partial charge is 0.223 e. The molecule has 0 fully saturated rings. The van der Waals surface area contributed by atoms with Gasteiger partial charge in [0.15, 0.2) is 5.75 Å². The molecule has 112 valence electrons. The largest absolute Gasteiger partial charge is 0.493 e. The van der Waals surface area contributed by atoms with Crippen LogP contribution in [-0.4, -0.2) is 24.1 Å². The van der Waals surface area contributed by atoms with Gasteiger partial charge in [-0.3, -0.25) is 0 Å². The summed E-state index contributed by atoms with van der Waals surface area (Å²) in [7, 11) is 3.41. The summed E-state index contributed by atoms with van der Waals surface area (Å²) >= 11 is 9.53. The second kappa shape index (κ2) is 6.10. The minimum atomic E-state index is 0.547. The van der Waals surface area contributed by atoms with Gasteiger partial charge in [0, 0.05) is 23.7 Å². The summed E-state index contributed by atoms with van der Waals surface area (Å²) in [6.07, 6.45) is 1.80. The summed E-state index contributed by atoms with van der Waals surface area (Å²) in [6, 6.07) is 9.68. The van der Waals surface area contributed by atoms with Crippen molar-refractivity contribution in [2.45, 2.75) is 0 Å². The number of aromatic nitrogens is 2. The Kier molecular flexibility index (Phi) is 4.18. The van der Waals surface area contributed by atoms with Crippen molar-refractivity contribution in [1.82, 2.24) is 9.97 Å². The van der Waals surface area contributed by atoms with Crippen LogP contribution in [0.15, 0.2) is 41.0 Å². The molecule has 0 atom stereocenters. The number of benzene rings is 2. The normalized spacial score (nSPS) is 10.7. The Bertz CT molecular complexity index is 837. The molecule has 0 aliphatic rings. The summed E-state index contributed by atoms with van der Waals surface area (Å²) in [4.78, 5) is 8.84. The maximum absolute atomic E-state index is 5.97. The highest BCUT2D eigenvalue weighted by Gasteiger charge is 2.15. The van der Waals surface area contributed by atoms with E-state index in [1.54, 1.807) is 20.4 Å². The fourth-order valence-electron chi connectivity index (χ4n) is 2.32. The first kappa shape index (κ1) is 15.1. The van der Waals surface area contributed by atoms with Crippen molar-refractivity contribution in [3.05, 3.63) is 46.0 Å². The third kappa shape index (κ3) is 2.62. The molecule has 22 heavy (non-hydrogen) atoms. The second-order valence-electron chi connectivity index (χ2n) is 4.65. The molecule has 0 unspecified atom stereocenters. The van der Waals surface area contributed by atoms with Gasteiger partial charge in [-0.1, -0.05) is 23.7 Å². The summed E-state index contributed by atoms with van der Waals surface area (Å²) in [5.74, 6) is 1.23. The third-order valence-corrected chi connectivity index (χ3v) is 4.21. The lowest BCUT2D eigenvalue weighted by molar-refractivity contribution is 0.416. The Hall–Kier alpha value is -1.85. The molecular formula is C16H13BrClN3O. The van der Waals surface area contributed by atoms with Gasteiger partial charge in [0.05, 0.1) is 11.6 Å². The number of ether oxygens (including phenoxy) is 1. The summed E-state index contributed by atoms with van der Waals surface area (Å²) in [6.45, 7) is 0. The monoisotopic (exact) mass is 377 g/mol. The molecule has 0 radical (unpaired) electrons. The molecule has 0 bridgehead atoms. The van der Waals surface area contributed by atoms with Gasteiger partial charge < -0.3 is 10.1 Å². The van der Waals surface area contributed by atoms with Crippen LogP contribution in [0.4, 0.5) is 5.95 Å². The molecule has 1 N–H and O–H groups in total. The fraction of sp³-hybridized carbons (Fsp3) is 0.125. The van der Waals surface area contributed by atoms with Crippen molar-refractivity contribution < 1.29 is 4.74 Å². The summed E-state index contributed by atoms with van der Waals surface area (Å²) < 4.78 is 6.32. The first-order valence-electron chi connectivity index (χ1n) is 6.61. The number of hydrogen-bond acceptors (Lipinski definition) is 4. The number of anilines is 1. The van der Waals surface area contributed by atoms with Gasteiger partial charge >= 0.3 is 0 Å². The van der Waals surface area contributed by atoms with E-state index in [1.165, 1.54) is 0 Å². The fourth-order valence-corrected chi connectivity index (χ4v) is 3.02. The Labute approximate surface area is 141 Å². The highest BCUT2D eigenvalue weighted by atomic mass is 79.9. The zero-order valence-electron chi connectivity index (χ0n) is 12.0. The lowest BCUT2D eigenvalue weighted by Gasteiger charge is -2.13. The van der Waals surface area contributed by atoms with Crippen molar-refractivity contribution in [3.8, 4) is 16.9 Å². The summed E-state index contributed by atoms with van der Waals surface area (Å²) in [5.41, 5.74) is 2.81. The zero-order valence-corrected chi connectivity index (χ0v) is 14.4. The third-order valence-electron chi connectivity index (χ3n) is 3.36. The number of hydrogen-bond donors (Lipinski definition) is 1. The lowest BCUT2D eigenvalue weighted by Crippen LogP contribution is -1.99. The SMILES string of the molecule is CNc1ncc2c(-c3ccc(Cl)cc3)cc(Br)c(OC)c2n1. The standard InChI is InChI=1S/C16H13BrClN3O/c1-19-16-20-8-12-11(9-3-5-10(18)6-4-9)7-13(17)15(22-2)14(12)21-16/h3-8H,1-2H3,(H,19,20,21). The van der Waals surface area contributed by atoms with E-state index in [-0.39, 0.29) is 0 Å². The quantitative estimate of drug-likeness (QED) is 0.713. The van der Waals surface area contributed by atoms with Gasteiger partial charge in [-0.05, 0) is 45.3 Å². The average Bonchev–Trinajstić information content (AvgIpc) is 2.54. The Morgan fingerprint density at radius 2 is 1.95 bits per heavy atom. The zero-order chi connectivity index (χ0) is 15.7. The van der Waals surface area contributed by atoms with Crippen molar-refractivity contribution in [2.75, 3.05) is 19.5 Å². The molecule has 0 saturated carbocycles. The predicted octanol–water partition coefficient (Wildman–Crippen LogP) is 4.76. The van der Waals surface area contributed by atoms with Crippen LogP contribution >= 0.6 is 27.5 Å². The number of methoxy groups -OCH3 is 1. The Morgan fingerprint density at radius 3 is 2.59 bits per heavy atom. The maximum Gasteiger partial charge on any atom is 0.223 e. The van der Waals surface area contributed by atoms with E-state index in [9.17, 15) is 0 Å². The van der Waals surface area contributed by atoms with Gasteiger partial charge in [0.25, 0.3) is 0 Å². The van der Waals surface area contributed by atoms with Gasteiger partial charge in [-0.15, -0.1) is 0 Å². The van der Waals surface area contributed by atoms with Crippen LogP contribution in [0, 0.1) is 0 Å². The topological polar surface area (TPSA) is 47.0 Å². The number of halogens is 2. The van der Waals surface area contributed by atoms with Gasteiger partial charge in [0.1, 0.15) is 5.52 Å². The minimum absolute atomic E-state index is 0.547. The van der Waals surface area contributed by atoms with Crippen LogP contribution in [-0.2, 0) is 0 Å². The van der Waals surface area contributed by atoms with E-state index in [1.807, 2.05) is 30.3 Å². The second-order valence-corrected chi connectivity index (χ2v) is 5.94. The lowest BCUT2D eigenvalue weighted by atomic mass is 10.0. The van der Waals surface area contributed by atoms with Crippen LogP contribution in [0.2, 0.25) is 5.02 Å². The molecule has 0 amide bonds. The molecular weight excluding hydrogens is 366 g/mol. The average molecular weight is 379 g/mol. The number of rotatable bonds is 3. The molecule has 0 saturated heterocycles. The molecule has 0 aliphatic carbocycles. The number of nitrogens with zero attached hydrogens (tertiary/aromatic N) is 2. The Balaban J connectivity index is 2.33. The molecule has 0 spiro atoms. The van der Waals surface area contributed by atoms with Crippen LogP contribution in [0.25, 0.3) is 22.0 Å².